The molecule has 0 aromatic heterocycles. The van der Waals surface area contributed by atoms with E-state index in [1.54, 1.807) is 0 Å². The first-order valence-corrected chi connectivity index (χ1v) is 11.9. The lowest BCUT2D eigenvalue weighted by Gasteiger charge is -2.08. The van der Waals surface area contributed by atoms with Crippen LogP contribution in [0.1, 0.15) is 38.2 Å². The third-order valence-corrected chi connectivity index (χ3v) is 7.85. The van der Waals surface area contributed by atoms with Gasteiger partial charge < -0.3 is 0 Å². The minimum Gasteiger partial charge on any atom is -0.289 e. The van der Waals surface area contributed by atoms with Gasteiger partial charge in [-0.2, -0.15) is 0 Å². The van der Waals surface area contributed by atoms with Gasteiger partial charge in [-0.15, -0.1) is 0 Å². The lowest BCUT2D eigenvalue weighted by Crippen LogP contribution is -1.95. The third kappa shape index (κ3) is 2.36. The molecule has 0 heterocycles. The van der Waals surface area contributed by atoms with Crippen LogP contribution in [0.3, 0.4) is 0 Å². The monoisotopic (exact) mass is 432 g/mol. The SMILES string of the molecule is O=C1c2ccccc2-c2ccc(-c3ccc4c(c3)Cc3cc5c(cc3-4)Cc3ccccc3-5)cc21. The van der Waals surface area contributed by atoms with Crippen LogP contribution in [0.4, 0.5) is 0 Å². The van der Waals surface area contributed by atoms with Gasteiger partial charge in [0.25, 0.3) is 0 Å². The number of ketones is 1. The highest BCUT2D eigenvalue weighted by atomic mass is 16.1. The second kappa shape index (κ2) is 6.42. The van der Waals surface area contributed by atoms with Crippen LogP contribution in [0.2, 0.25) is 0 Å². The van der Waals surface area contributed by atoms with Crippen LogP contribution >= 0.6 is 0 Å². The van der Waals surface area contributed by atoms with Crippen LogP contribution in [0, 0.1) is 0 Å². The molecule has 0 saturated carbocycles. The molecule has 0 bridgehead atoms. The first-order valence-electron chi connectivity index (χ1n) is 11.9. The Labute approximate surface area is 198 Å². The Morgan fingerprint density at radius 2 is 0.912 bits per heavy atom. The molecular formula is C33H20O. The van der Waals surface area contributed by atoms with E-state index in [0.29, 0.717) is 0 Å². The number of fused-ring (bicyclic) bond motifs is 9. The summed E-state index contributed by atoms with van der Waals surface area (Å²) in [5.74, 6) is 0.135. The fourth-order valence-corrected chi connectivity index (χ4v) is 6.22. The fourth-order valence-electron chi connectivity index (χ4n) is 6.22. The molecule has 0 saturated heterocycles. The minimum absolute atomic E-state index is 0.135. The molecule has 0 N–H and O–H groups in total. The Morgan fingerprint density at radius 1 is 0.382 bits per heavy atom. The van der Waals surface area contributed by atoms with E-state index in [4.69, 9.17) is 0 Å². The highest BCUT2D eigenvalue weighted by Crippen LogP contribution is 2.46. The fraction of sp³-hybridized carbons (Fsp3) is 0.0606. The Bertz CT molecular complexity index is 1720. The molecule has 1 nitrogen and oxygen atoms in total. The molecule has 0 aliphatic heterocycles. The molecule has 0 atom stereocenters. The zero-order valence-electron chi connectivity index (χ0n) is 18.6. The molecule has 3 aliphatic rings. The summed E-state index contributed by atoms with van der Waals surface area (Å²) in [5, 5.41) is 0. The lowest BCUT2D eigenvalue weighted by molar-refractivity contribution is 0.104. The smallest absolute Gasteiger partial charge is 0.194 e. The maximum atomic E-state index is 13.0. The van der Waals surface area contributed by atoms with Crippen molar-refractivity contribution in [3.63, 3.8) is 0 Å². The molecule has 5 aromatic carbocycles. The van der Waals surface area contributed by atoms with Gasteiger partial charge in [-0.1, -0.05) is 78.9 Å². The molecule has 158 valence electrons. The zero-order chi connectivity index (χ0) is 22.4. The third-order valence-electron chi connectivity index (χ3n) is 7.85. The van der Waals surface area contributed by atoms with Crippen molar-refractivity contribution in [3.05, 3.63) is 130 Å². The Morgan fingerprint density at radius 3 is 1.71 bits per heavy atom. The van der Waals surface area contributed by atoms with Gasteiger partial charge in [-0.25, -0.2) is 0 Å². The number of carbonyl (C=O) groups is 1. The Kier molecular flexibility index (Phi) is 3.44. The Hall–Kier alpha value is -4.23. The molecule has 0 fully saturated rings. The van der Waals surface area contributed by atoms with Gasteiger partial charge in [0.05, 0.1) is 0 Å². The van der Waals surface area contributed by atoms with Gasteiger partial charge in [0, 0.05) is 11.1 Å². The molecule has 8 rings (SSSR count). The van der Waals surface area contributed by atoms with Crippen LogP contribution in [0.5, 0.6) is 0 Å². The predicted octanol–water partition coefficient (Wildman–Crippen LogP) is 7.71. The maximum Gasteiger partial charge on any atom is 0.194 e. The standard InChI is InChI=1S/C33H20O/c34-33-29-8-4-3-7-27(29)28-12-10-20(16-32(28)33)19-9-11-26-22(13-19)15-24-18-30-23(17-31(24)26)14-21-5-1-2-6-25(21)30/h1-13,16-18H,14-15H2. The van der Waals surface area contributed by atoms with Gasteiger partial charge in [-0.05, 0) is 97.8 Å². The normalized spacial score (nSPS) is 13.7. The van der Waals surface area contributed by atoms with Gasteiger partial charge in [0.1, 0.15) is 0 Å². The molecule has 0 amide bonds. The lowest BCUT2D eigenvalue weighted by atomic mass is 9.95. The molecule has 0 unspecified atom stereocenters. The summed E-state index contributed by atoms with van der Waals surface area (Å²) in [6, 6.07) is 34.7. The predicted molar refractivity (Wildman–Crippen MR) is 137 cm³/mol. The molecule has 5 aromatic rings. The molecule has 34 heavy (non-hydrogen) atoms. The van der Waals surface area contributed by atoms with Gasteiger partial charge in [0.2, 0.25) is 0 Å². The average molecular weight is 433 g/mol. The number of carbonyl (C=O) groups excluding carboxylic acids is 1. The summed E-state index contributed by atoms with van der Waals surface area (Å²) < 4.78 is 0. The van der Waals surface area contributed by atoms with Crippen molar-refractivity contribution in [2.24, 2.45) is 0 Å². The van der Waals surface area contributed by atoms with Crippen molar-refractivity contribution < 1.29 is 4.79 Å². The van der Waals surface area contributed by atoms with Crippen LogP contribution in [-0.2, 0) is 12.8 Å². The number of rotatable bonds is 1. The summed E-state index contributed by atoms with van der Waals surface area (Å²) in [4.78, 5) is 13.0. The minimum atomic E-state index is 0.135. The molecule has 0 radical (unpaired) electrons. The summed E-state index contributed by atoms with van der Waals surface area (Å²) in [6.07, 6.45) is 1.99. The van der Waals surface area contributed by atoms with Crippen LogP contribution < -0.4 is 0 Å². The van der Waals surface area contributed by atoms with E-state index in [1.807, 2.05) is 24.3 Å². The first kappa shape index (κ1) is 18.2. The molecular weight excluding hydrogens is 412 g/mol. The molecule has 0 spiro atoms. The van der Waals surface area contributed by atoms with Crippen LogP contribution in [0.25, 0.3) is 44.5 Å². The second-order valence-corrected chi connectivity index (χ2v) is 9.68. The van der Waals surface area contributed by atoms with E-state index >= 15 is 0 Å². The summed E-state index contributed by atoms with van der Waals surface area (Å²) in [6.45, 7) is 0. The van der Waals surface area contributed by atoms with Crippen molar-refractivity contribution in [1.29, 1.82) is 0 Å². The van der Waals surface area contributed by atoms with E-state index in [-0.39, 0.29) is 5.78 Å². The summed E-state index contributed by atoms with van der Waals surface area (Å²) in [7, 11) is 0. The van der Waals surface area contributed by atoms with E-state index in [0.717, 1.165) is 40.7 Å². The van der Waals surface area contributed by atoms with E-state index in [1.165, 1.54) is 50.1 Å². The quantitative estimate of drug-likeness (QED) is 0.260. The van der Waals surface area contributed by atoms with Crippen LogP contribution in [0.15, 0.2) is 97.1 Å². The topological polar surface area (TPSA) is 17.1 Å². The van der Waals surface area contributed by atoms with Gasteiger partial charge in [-0.3, -0.25) is 4.79 Å². The van der Waals surface area contributed by atoms with Crippen molar-refractivity contribution in [2.75, 3.05) is 0 Å². The van der Waals surface area contributed by atoms with E-state index in [2.05, 4.69) is 72.8 Å². The highest BCUT2D eigenvalue weighted by Gasteiger charge is 2.28. The highest BCUT2D eigenvalue weighted by molar-refractivity contribution is 6.22. The largest absolute Gasteiger partial charge is 0.289 e. The van der Waals surface area contributed by atoms with Gasteiger partial charge in [0.15, 0.2) is 5.78 Å². The summed E-state index contributed by atoms with van der Waals surface area (Å²) in [5.41, 5.74) is 17.2. The molecule has 1 heteroatoms. The van der Waals surface area contributed by atoms with E-state index in [9.17, 15) is 4.79 Å². The molecule has 3 aliphatic carbocycles. The maximum absolute atomic E-state index is 13.0. The van der Waals surface area contributed by atoms with Crippen molar-refractivity contribution in [3.8, 4) is 44.5 Å². The van der Waals surface area contributed by atoms with Crippen molar-refractivity contribution in [2.45, 2.75) is 12.8 Å². The van der Waals surface area contributed by atoms with Crippen LogP contribution in [-0.4, -0.2) is 5.78 Å². The number of hydrogen-bond donors (Lipinski definition) is 0. The van der Waals surface area contributed by atoms with Gasteiger partial charge >= 0.3 is 0 Å². The Balaban J connectivity index is 1.19. The van der Waals surface area contributed by atoms with Crippen molar-refractivity contribution >= 4 is 5.78 Å². The number of hydrogen-bond acceptors (Lipinski definition) is 1. The average Bonchev–Trinajstić information content (AvgIpc) is 3.51. The first-order chi connectivity index (χ1) is 16.7. The van der Waals surface area contributed by atoms with E-state index < -0.39 is 0 Å². The zero-order valence-corrected chi connectivity index (χ0v) is 18.6. The second-order valence-electron chi connectivity index (χ2n) is 9.68. The number of benzene rings is 5. The van der Waals surface area contributed by atoms with Crippen molar-refractivity contribution in [1.82, 2.24) is 0 Å². The summed E-state index contributed by atoms with van der Waals surface area (Å²) >= 11 is 0.